The highest BCUT2D eigenvalue weighted by Gasteiger charge is 2.11. The standard InChI is InChI=1S/C20H19FN4O/c1-13(2)14-7-9-15(10-8-14)24-19-11-18(22-12-23-19)20(26)25-17-6-4-3-5-16(17)21/h3-13H,1-2H3,(H,25,26)(H,22,23,24). The zero-order valence-electron chi connectivity index (χ0n) is 14.5. The van der Waals surface area contributed by atoms with Crippen LogP contribution in [0.3, 0.4) is 0 Å². The largest absolute Gasteiger partial charge is 0.340 e. The Kier molecular flexibility index (Phi) is 5.22. The highest BCUT2D eigenvalue weighted by atomic mass is 19.1. The average Bonchev–Trinajstić information content (AvgIpc) is 2.64. The van der Waals surface area contributed by atoms with Gasteiger partial charge in [0.1, 0.15) is 23.7 Å². The average molecular weight is 350 g/mol. The SMILES string of the molecule is CC(C)c1ccc(Nc2cc(C(=O)Nc3ccccc3F)ncn2)cc1. The summed E-state index contributed by atoms with van der Waals surface area (Å²) < 4.78 is 13.7. The lowest BCUT2D eigenvalue weighted by Crippen LogP contribution is -2.15. The van der Waals surface area contributed by atoms with Gasteiger partial charge in [0.15, 0.2) is 0 Å². The van der Waals surface area contributed by atoms with E-state index in [1.54, 1.807) is 12.1 Å². The molecule has 0 atom stereocenters. The Bertz CT molecular complexity index is 910. The fraction of sp³-hybridized carbons (Fsp3) is 0.150. The van der Waals surface area contributed by atoms with Crippen molar-refractivity contribution in [2.24, 2.45) is 0 Å². The molecule has 132 valence electrons. The summed E-state index contributed by atoms with van der Waals surface area (Å²) in [6.07, 6.45) is 1.29. The molecule has 0 unspecified atom stereocenters. The number of hydrogen-bond acceptors (Lipinski definition) is 4. The molecule has 1 heterocycles. The van der Waals surface area contributed by atoms with Crippen LogP contribution in [0, 0.1) is 5.82 Å². The monoisotopic (exact) mass is 350 g/mol. The molecule has 0 saturated heterocycles. The predicted octanol–water partition coefficient (Wildman–Crippen LogP) is 4.74. The zero-order chi connectivity index (χ0) is 18.5. The minimum atomic E-state index is -0.504. The van der Waals surface area contributed by atoms with Crippen molar-refractivity contribution in [3.63, 3.8) is 0 Å². The summed E-state index contributed by atoms with van der Waals surface area (Å²) in [5.74, 6) is -0.0676. The molecule has 3 rings (SSSR count). The second kappa shape index (κ2) is 7.74. The zero-order valence-corrected chi connectivity index (χ0v) is 14.5. The van der Waals surface area contributed by atoms with Crippen LogP contribution in [0.2, 0.25) is 0 Å². The second-order valence-corrected chi connectivity index (χ2v) is 6.12. The summed E-state index contributed by atoms with van der Waals surface area (Å²) >= 11 is 0. The summed E-state index contributed by atoms with van der Waals surface area (Å²) in [7, 11) is 0. The van der Waals surface area contributed by atoms with Crippen LogP contribution in [-0.4, -0.2) is 15.9 Å². The maximum atomic E-state index is 13.7. The van der Waals surface area contributed by atoms with E-state index in [0.717, 1.165) is 5.69 Å². The number of rotatable bonds is 5. The minimum absolute atomic E-state index is 0.106. The number of nitrogens with one attached hydrogen (secondary N) is 2. The fourth-order valence-electron chi connectivity index (χ4n) is 2.40. The van der Waals surface area contributed by atoms with Crippen LogP contribution < -0.4 is 10.6 Å². The molecule has 26 heavy (non-hydrogen) atoms. The molecule has 1 amide bonds. The third-order valence-electron chi connectivity index (χ3n) is 3.87. The van der Waals surface area contributed by atoms with Crippen LogP contribution in [0.5, 0.6) is 0 Å². The van der Waals surface area contributed by atoms with Gasteiger partial charge in [-0.3, -0.25) is 4.79 Å². The summed E-state index contributed by atoms with van der Waals surface area (Å²) in [6, 6.07) is 15.5. The number of amides is 1. The highest BCUT2D eigenvalue weighted by Crippen LogP contribution is 2.20. The highest BCUT2D eigenvalue weighted by molar-refractivity contribution is 6.03. The minimum Gasteiger partial charge on any atom is -0.340 e. The molecule has 3 aromatic rings. The first-order chi connectivity index (χ1) is 12.5. The predicted molar refractivity (Wildman–Crippen MR) is 100 cm³/mol. The summed E-state index contributed by atoms with van der Waals surface area (Å²) in [4.78, 5) is 20.4. The van der Waals surface area contributed by atoms with Crippen LogP contribution in [0.25, 0.3) is 0 Å². The van der Waals surface area contributed by atoms with Gasteiger partial charge in [-0.2, -0.15) is 0 Å². The Balaban J connectivity index is 1.73. The first-order valence-corrected chi connectivity index (χ1v) is 8.28. The van der Waals surface area contributed by atoms with E-state index in [0.29, 0.717) is 11.7 Å². The van der Waals surface area contributed by atoms with Crippen molar-refractivity contribution in [3.8, 4) is 0 Å². The van der Waals surface area contributed by atoms with Gasteiger partial charge in [0, 0.05) is 11.8 Å². The Morgan fingerprint density at radius 2 is 1.77 bits per heavy atom. The molecule has 1 aromatic heterocycles. The molecule has 5 nitrogen and oxygen atoms in total. The van der Waals surface area contributed by atoms with Crippen molar-refractivity contribution >= 4 is 23.1 Å². The topological polar surface area (TPSA) is 66.9 Å². The van der Waals surface area contributed by atoms with Gasteiger partial charge >= 0.3 is 0 Å². The lowest BCUT2D eigenvalue weighted by atomic mass is 10.0. The summed E-state index contributed by atoms with van der Waals surface area (Å²) in [5.41, 5.74) is 2.34. The van der Waals surface area contributed by atoms with Gasteiger partial charge < -0.3 is 10.6 Å². The molecule has 6 heteroatoms. The number of aromatic nitrogens is 2. The molecule has 0 spiro atoms. The first kappa shape index (κ1) is 17.5. The number of carbonyl (C=O) groups is 1. The molecular weight excluding hydrogens is 331 g/mol. The van der Waals surface area contributed by atoms with E-state index in [4.69, 9.17) is 0 Å². The van der Waals surface area contributed by atoms with Gasteiger partial charge in [0.25, 0.3) is 5.91 Å². The molecule has 2 N–H and O–H groups in total. The number of anilines is 3. The third kappa shape index (κ3) is 4.22. The van der Waals surface area contributed by atoms with Gasteiger partial charge in [0.05, 0.1) is 5.69 Å². The molecule has 0 aliphatic heterocycles. The van der Waals surface area contributed by atoms with Crippen molar-refractivity contribution in [2.45, 2.75) is 19.8 Å². The summed E-state index contributed by atoms with van der Waals surface area (Å²) in [5, 5.41) is 5.64. The number of nitrogens with zero attached hydrogens (tertiary/aromatic N) is 2. The maximum Gasteiger partial charge on any atom is 0.274 e. The Morgan fingerprint density at radius 3 is 2.46 bits per heavy atom. The Labute approximate surface area is 151 Å². The number of halogens is 1. The van der Waals surface area contributed by atoms with Gasteiger partial charge in [-0.15, -0.1) is 0 Å². The van der Waals surface area contributed by atoms with Gasteiger partial charge in [-0.05, 0) is 35.7 Å². The number of hydrogen-bond donors (Lipinski definition) is 2. The number of carbonyl (C=O) groups excluding carboxylic acids is 1. The van der Waals surface area contributed by atoms with Crippen LogP contribution in [0.15, 0.2) is 60.9 Å². The van der Waals surface area contributed by atoms with Crippen LogP contribution in [-0.2, 0) is 0 Å². The van der Waals surface area contributed by atoms with Gasteiger partial charge in [-0.25, -0.2) is 14.4 Å². The van der Waals surface area contributed by atoms with Crippen molar-refractivity contribution in [1.29, 1.82) is 0 Å². The third-order valence-corrected chi connectivity index (χ3v) is 3.87. The Hall–Kier alpha value is -3.28. The van der Waals surface area contributed by atoms with Crippen molar-refractivity contribution in [3.05, 3.63) is 78.0 Å². The molecule has 0 bridgehead atoms. The van der Waals surface area contributed by atoms with Crippen LogP contribution >= 0.6 is 0 Å². The molecule has 2 aromatic carbocycles. The van der Waals surface area contributed by atoms with Crippen LogP contribution in [0.4, 0.5) is 21.6 Å². The van der Waals surface area contributed by atoms with E-state index in [1.165, 1.54) is 30.1 Å². The fourth-order valence-corrected chi connectivity index (χ4v) is 2.40. The smallest absolute Gasteiger partial charge is 0.274 e. The van der Waals surface area contributed by atoms with E-state index >= 15 is 0 Å². The van der Waals surface area contributed by atoms with Crippen molar-refractivity contribution in [1.82, 2.24) is 9.97 Å². The molecular formula is C20H19FN4O. The molecule has 0 radical (unpaired) electrons. The van der Waals surface area contributed by atoms with E-state index in [2.05, 4.69) is 34.4 Å². The van der Waals surface area contributed by atoms with E-state index in [9.17, 15) is 9.18 Å². The van der Waals surface area contributed by atoms with E-state index in [-0.39, 0.29) is 11.4 Å². The van der Waals surface area contributed by atoms with E-state index < -0.39 is 11.7 Å². The van der Waals surface area contributed by atoms with Gasteiger partial charge in [0.2, 0.25) is 0 Å². The normalized spacial score (nSPS) is 10.6. The lowest BCUT2D eigenvalue weighted by Gasteiger charge is -2.10. The van der Waals surface area contributed by atoms with E-state index in [1.807, 2.05) is 24.3 Å². The molecule has 0 fully saturated rings. The van der Waals surface area contributed by atoms with Crippen molar-refractivity contribution in [2.75, 3.05) is 10.6 Å². The quantitative estimate of drug-likeness (QED) is 0.698. The van der Waals surface area contributed by atoms with Gasteiger partial charge in [-0.1, -0.05) is 38.1 Å². The lowest BCUT2D eigenvalue weighted by molar-refractivity contribution is 0.102. The van der Waals surface area contributed by atoms with Crippen LogP contribution in [0.1, 0.15) is 35.8 Å². The number of benzene rings is 2. The Morgan fingerprint density at radius 1 is 1.04 bits per heavy atom. The molecule has 0 aliphatic rings. The first-order valence-electron chi connectivity index (χ1n) is 8.28. The number of para-hydroxylation sites is 1. The molecule has 0 saturated carbocycles. The second-order valence-electron chi connectivity index (χ2n) is 6.12. The summed E-state index contributed by atoms with van der Waals surface area (Å²) in [6.45, 7) is 4.26. The van der Waals surface area contributed by atoms with Crippen molar-refractivity contribution < 1.29 is 9.18 Å². The molecule has 0 aliphatic carbocycles. The maximum absolute atomic E-state index is 13.7.